The van der Waals surface area contributed by atoms with E-state index in [2.05, 4.69) is 68.8 Å². The Labute approximate surface area is 618 Å². The second kappa shape index (κ2) is 39.8. The van der Waals surface area contributed by atoms with Crippen LogP contribution >= 0.6 is 70.5 Å². The van der Waals surface area contributed by atoms with Gasteiger partial charge in [-0.2, -0.15) is 8.62 Å². The SMILES string of the molecule is CC(=O)CC(=O)SCCNC(=O)CCNC(=O)C(O)C(C)(C)COP(=O)(O)OP(=O)(O)OC[C@H]1O[C@@H](n2cnc3c(N)ncnc32)[C@H](O)[C@@H]1OP(=O)(O)O.CC(=O)CC(=O)SCCNC(=O)CCNC(=O)C(O)C(C)(C)COP(=O)(O)OP(=O)(O)OC[C@H]1O[C@@H](n2cnc3c(N)ncnc32)[C@H](O)[C@@H]1OP(=O)(O)O. The number of carbonyl (C=O) groups excluding carboxylic acids is 8. The molecule has 2 aliphatic rings. The van der Waals surface area contributed by atoms with E-state index in [4.69, 9.17) is 39.0 Å². The fourth-order valence-electron chi connectivity index (χ4n) is 9.10. The molecule has 0 radical (unpaired) electrons. The van der Waals surface area contributed by atoms with Crippen LogP contribution in [-0.2, 0) is 111 Å². The summed E-state index contributed by atoms with van der Waals surface area (Å²) in [6, 6.07) is 0. The number of nitrogens with two attached hydrogens (primary N) is 2. The van der Waals surface area contributed by atoms with Gasteiger partial charge in [0, 0.05) is 61.4 Å². The van der Waals surface area contributed by atoms with Gasteiger partial charge in [-0.25, -0.2) is 57.3 Å². The van der Waals surface area contributed by atoms with Gasteiger partial charge in [0.1, 0.15) is 84.1 Å². The molecular formula is C50H80N14O36P6S2. The Morgan fingerprint density at radius 2 is 0.861 bits per heavy atom. The quantitative estimate of drug-likeness (QED) is 0.0122. The van der Waals surface area contributed by atoms with E-state index in [9.17, 15) is 125 Å². The fraction of sp³-hybridized carbons (Fsp3) is 0.640. The lowest BCUT2D eigenvalue weighted by molar-refractivity contribution is -0.137. The minimum atomic E-state index is -5.58. The molecule has 14 atom stereocenters. The number of thioether (sulfide) groups is 2. The number of ether oxygens (including phenoxy) is 2. The first-order valence-corrected chi connectivity index (χ1v) is 41.9. The van der Waals surface area contributed by atoms with Crippen molar-refractivity contribution >= 4 is 150 Å². The van der Waals surface area contributed by atoms with Crippen molar-refractivity contribution < 1.29 is 171 Å². The molecule has 0 spiro atoms. The number of phosphoric ester groups is 6. The molecular weight excluding hydrogens is 1620 g/mol. The zero-order valence-electron chi connectivity index (χ0n) is 57.4. The average Bonchev–Trinajstić information content (AvgIpc) is 1.62. The molecule has 2 fully saturated rings. The molecule has 6 unspecified atom stereocenters. The van der Waals surface area contributed by atoms with Gasteiger partial charge in [-0.1, -0.05) is 51.2 Å². The smallest absolute Gasteiger partial charge is 0.386 e. The number of hydrogen-bond donors (Lipinski definition) is 18. The number of ketones is 2. The third-order valence-corrected chi connectivity index (χ3v) is 22.3. The first-order valence-electron chi connectivity index (χ1n) is 30.9. The largest absolute Gasteiger partial charge is 0.481 e. The average molecular weight is 1700 g/mol. The Bertz CT molecular complexity index is 3910. The van der Waals surface area contributed by atoms with Crippen molar-refractivity contribution in [1.82, 2.24) is 60.3 Å². The molecule has 20 N–H and O–H groups in total. The fourth-order valence-corrected chi connectivity index (χ4v) is 16.2. The molecule has 2 aliphatic heterocycles. The van der Waals surface area contributed by atoms with E-state index in [1.807, 2.05) is 0 Å². The topological polar surface area (TPSA) is 761 Å². The van der Waals surface area contributed by atoms with E-state index in [-0.39, 0.29) is 119 Å². The van der Waals surface area contributed by atoms with Crippen LogP contribution in [0.2, 0.25) is 0 Å². The van der Waals surface area contributed by atoms with Crippen molar-refractivity contribution in [2.75, 3.05) is 75.6 Å². The molecule has 108 heavy (non-hydrogen) atoms. The van der Waals surface area contributed by atoms with Crippen LogP contribution in [0.15, 0.2) is 25.3 Å². The van der Waals surface area contributed by atoms with Crippen molar-refractivity contribution in [3.8, 4) is 0 Å². The number of Topliss-reactive ketones (excluding diaryl/α,β-unsaturated/α-hetero) is 2. The molecule has 6 rings (SSSR count). The number of fused-ring (bicyclic) bond motifs is 2. The Kier molecular flexibility index (Phi) is 34.3. The molecule has 0 saturated carbocycles. The molecule has 0 aromatic carbocycles. The number of anilines is 2. The van der Waals surface area contributed by atoms with Crippen LogP contribution in [0.5, 0.6) is 0 Å². The molecule has 0 aliphatic carbocycles. The van der Waals surface area contributed by atoms with Crippen LogP contribution in [0.25, 0.3) is 22.3 Å². The van der Waals surface area contributed by atoms with Gasteiger partial charge < -0.3 is 102 Å². The molecule has 608 valence electrons. The maximum atomic E-state index is 12.6. The molecule has 50 nitrogen and oxygen atoms in total. The molecule has 6 heterocycles. The standard InChI is InChI=1S/2C25H40N7O18P3S/c2*1-13(33)8-16(35)54-7-6-27-15(34)4-5-28-23(38)20(37)25(2,3)10-47-53(44,45)50-52(42,43)46-9-14-19(49-51(39,40)41)18(36)24(48-14)32-12-31-17-21(26)29-11-30-22(17)32/h2*11-12,14,18-20,24,36-37H,4-10H2,1-3H3,(H,27,34)(H,28,38)(H,42,43)(H,44,45)(H2,26,29,30)(H2,39,40,41)/t2*14-,18-,19-,20?,24-/m11/s1. The summed E-state index contributed by atoms with van der Waals surface area (Å²) in [7, 11) is -32.8. The molecule has 4 aromatic rings. The lowest BCUT2D eigenvalue weighted by Crippen LogP contribution is -2.46. The number of aromatic nitrogens is 8. The van der Waals surface area contributed by atoms with Gasteiger partial charge in [-0.15, -0.1) is 0 Å². The first kappa shape index (κ1) is 93.1. The number of nitrogens with zero attached hydrogens (tertiary/aromatic N) is 8. The van der Waals surface area contributed by atoms with E-state index in [0.29, 0.717) is 0 Å². The van der Waals surface area contributed by atoms with Gasteiger partial charge in [0.05, 0.1) is 51.9 Å². The summed E-state index contributed by atoms with van der Waals surface area (Å²) in [5, 5.41) is 51.7. The monoisotopic (exact) mass is 1700 g/mol. The second-order valence-corrected chi connectivity index (χ2v) is 35.1. The highest BCUT2D eigenvalue weighted by molar-refractivity contribution is 8.14. The van der Waals surface area contributed by atoms with E-state index in [1.165, 1.54) is 41.5 Å². The van der Waals surface area contributed by atoms with Crippen LogP contribution in [0, 0.1) is 10.8 Å². The summed E-state index contributed by atoms with van der Waals surface area (Å²) in [5.74, 6) is -3.21. The minimum Gasteiger partial charge on any atom is -0.386 e. The van der Waals surface area contributed by atoms with Crippen molar-refractivity contribution in [3.05, 3.63) is 25.3 Å². The summed E-state index contributed by atoms with van der Waals surface area (Å²) in [5.41, 5.74) is 8.44. The summed E-state index contributed by atoms with van der Waals surface area (Å²) in [6.07, 6.45) is -14.5. The number of rotatable bonds is 42. The minimum absolute atomic E-state index is 0.0240. The van der Waals surface area contributed by atoms with Crippen molar-refractivity contribution in [2.45, 2.75) is 129 Å². The molecule has 0 bridgehead atoms. The van der Waals surface area contributed by atoms with Gasteiger partial charge in [0.25, 0.3) is 0 Å². The number of aliphatic hydroxyl groups is 4. The van der Waals surface area contributed by atoms with Crippen molar-refractivity contribution in [2.24, 2.45) is 10.8 Å². The molecule has 58 heteroatoms. The third-order valence-electron chi connectivity index (χ3n) is 14.3. The van der Waals surface area contributed by atoms with Crippen LogP contribution in [0.4, 0.5) is 11.6 Å². The number of phosphoric acid groups is 6. The summed E-state index contributed by atoms with van der Waals surface area (Å²) >= 11 is 1.76. The summed E-state index contributed by atoms with van der Waals surface area (Å²) in [4.78, 5) is 195. The third kappa shape index (κ3) is 29.9. The maximum absolute atomic E-state index is 12.6. The Morgan fingerprint density at radius 1 is 0.528 bits per heavy atom. The lowest BCUT2D eigenvalue weighted by atomic mass is 9.87. The number of hydrogen-bond acceptors (Lipinski definition) is 38. The van der Waals surface area contributed by atoms with E-state index in [0.717, 1.165) is 58.0 Å². The van der Waals surface area contributed by atoms with E-state index >= 15 is 0 Å². The van der Waals surface area contributed by atoms with E-state index < -0.39 is 169 Å². The molecule has 4 aromatic heterocycles. The van der Waals surface area contributed by atoms with Crippen LogP contribution in [-0.4, -0.2) is 257 Å². The van der Waals surface area contributed by atoms with E-state index in [1.54, 1.807) is 0 Å². The number of nitrogens with one attached hydrogen (secondary N) is 4. The highest BCUT2D eigenvalue weighted by Crippen LogP contribution is 2.63. The van der Waals surface area contributed by atoms with Gasteiger partial charge >= 0.3 is 46.9 Å². The number of imidazole rings is 2. The maximum Gasteiger partial charge on any atom is 0.481 e. The normalized spacial score (nSPS) is 21.9. The van der Waals surface area contributed by atoms with Crippen molar-refractivity contribution in [1.29, 1.82) is 0 Å². The highest BCUT2D eigenvalue weighted by Gasteiger charge is 2.53. The predicted molar refractivity (Wildman–Crippen MR) is 365 cm³/mol. The summed E-state index contributed by atoms with van der Waals surface area (Å²) in [6.45, 7) is 3.16. The van der Waals surface area contributed by atoms with Crippen LogP contribution in [0.1, 0.15) is 79.7 Å². The van der Waals surface area contributed by atoms with Crippen LogP contribution in [0.3, 0.4) is 0 Å². The van der Waals surface area contributed by atoms with Gasteiger partial charge in [0.2, 0.25) is 23.6 Å². The second-order valence-electron chi connectivity index (χ2n) is 24.3. The highest BCUT2D eigenvalue weighted by atomic mass is 32.2. The zero-order valence-corrected chi connectivity index (χ0v) is 64.4. The zero-order chi connectivity index (χ0) is 81.3. The predicted octanol–water partition coefficient (Wildman–Crippen LogP) is -2.71. The molecule has 4 amide bonds. The van der Waals surface area contributed by atoms with Gasteiger partial charge in [0.15, 0.2) is 45.6 Å². The number of carbonyl (C=O) groups is 8. The number of amides is 4. The van der Waals surface area contributed by atoms with Crippen molar-refractivity contribution in [3.63, 3.8) is 0 Å². The molecule has 2 saturated heterocycles. The Balaban J connectivity index is 0.000000387. The number of nitrogen functional groups attached to an aromatic ring is 2. The lowest BCUT2D eigenvalue weighted by Gasteiger charge is -2.30. The van der Waals surface area contributed by atoms with Gasteiger partial charge in [-0.3, -0.25) is 74.6 Å². The number of aliphatic hydroxyl groups excluding tert-OH is 4. The van der Waals surface area contributed by atoms with Gasteiger partial charge in [-0.05, 0) is 13.8 Å². The summed E-state index contributed by atoms with van der Waals surface area (Å²) < 4.78 is 124. The Hall–Kier alpha value is -5.54. The Morgan fingerprint density at radius 3 is 1.19 bits per heavy atom. The first-order chi connectivity index (χ1) is 49.8. The van der Waals surface area contributed by atoms with Crippen LogP contribution < -0.4 is 32.7 Å².